The van der Waals surface area contributed by atoms with Crippen LogP contribution in [-0.2, 0) is 5.41 Å². The van der Waals surface area contributed by atoms with Gasteiger partial charge in [0.15, 0.2) is 0 Å². The smallest absolute Gasteiger partial charge is 0.132 e. The Hall–Kier alpha value is -6.42. The topological polar surface area (TPSA) is 12.5 Å². The van der Waals surface area contributed by atoms with E-state index in [0.717, 1.165) is 29.3 Å². The number of hydrogen-bond acceptors (Lipinski definition) is 3. The van der Waals surface area contributed by atoms with Crippen LogP contribution in [-0.4, -0.2) is 0 Å². The molecular formula is C50H33NOS. The average Bonchev–Trinajstić information content (AvgIpc) is 3.62. The summed E-state index contributed by atoms with van der Waals surface area (Å²) >= 11 is 1.87. The van der Waals surface area contributed by atoms with Gasteiger partial charge in [-0.1, -0.05) is 146 Å². The van der Waals surface area contributed by atoms with Crippen molar-refractivity contribution in [3.8, 4) is 28.0 Å². The van der Waals surface area contributed by atoms with Crippen molar-refractivity contribution in [3.63, 3.8) is 0 Å². The van der Waals surface area contributed by atoms with E-state index < -0.39 is 5.41 Å². The van der Waals surface area contributed by atoms with E-state index in [9.17, 15) is 0 Å². The number of nitrogens with zero attached hydrogens (tertiary/aromatic N) is 1. The third kappa shape index (κ3) is 4.38. The van der Waals surface area contributed by atoms with Gasteiger partial charge in [0, 0.05) is 37.9 Å². The lowest BCUT2D eigenvalue weighted by molar-refractivity contribution is 0.403. The first-order chi connectivity index (χ1) is 26.3. The van der Waals surface area contributed by atoms with E-state index in [2.05, 4.69) is 193 Å². The third-order valence-electron chi connectivity index (χ3n) is 11.1. The van der Waals surface area contributed by atoms with E-state index in [1.165, 1.54) is 70.4 Å². The molecule has 1 unspecified atom stereocenters. The van der Waals surface area contributed by atoms with Gasteiger partial charge < -0.3 is 9.64 Å². The third-order valence-corrected chi connectivity index (χ3v) is 12.4. The molecule has 3 aliphatic rings. The van der Waals surface area contributed by atoms with Crippen LogP contribution in [0.4, 0.5) is 17.1 Å². The number of fused-ring (bicyclic) bond motifs is 11. The predicted molar refractivity (Wildman–Crippen MR) is 222 cm³/mol. The molecule has 8 aromatic rings. The largest absolute Gasteiger partial charge is 0.457 e. The molecule has 1 aliphatic heterocycles. The maximum absolute atomic E-state index is 6.72. The molecule has 0 amide bonds. The zero-order valence-electron chi connectivity index (χ0n) is 28.9. The maximum atomic E-state index is 6.72. The first-order valence-electron chi connectivity index (χ1n) is 18.2. The molecule has 2 heterocycles. The standard InChI is InChI=1S/C50H33NOS/c1-3-16-33(17-4-1)35-18-8-12-25-44(35)51(45-26-15-21-39-38-20-9-14-29-48(38)53-49(39)45)34-30-31-37-36-19-7-10-22-40(36)50(43(37)32-34)41-23-5-2-6-27-46(41)52-47-28-13-11-24-42(47)50/h1,3-32H,2H2. The molecule has 11 rings (SSSR count). The number of hydrogen-bond donors (Lipinski definition) is 0. The minimum Gasteiger partial charge on any atom is -0.457 e. The molecular weight excluding hydrogens is 663 g/mol. The fraction of sp³-hybridized carbons (Fsp3) is 0.0400. The van der Waals surface area contributed by atoms with Crippen LogP contribution in [0.1, 0.15) is 23.1 Å². The van der Waals surface area contributed by atoms with Crippen molar-refractivity contribution in [3.05, 3.63) is 216 Å². The second-order valence-electron chi connectivity index (χ2n) is 13.9. The zero-order valence-corrected chi connectivity index (χ0v) is 29.7. The van der Waals surface area contributed by atoms with Crippen molar-refractivity contribution in [1.82, 2.24) is 0 Å². The van der Waals surface area contributed by atoms with Gasteiger partial charge in [-0.15, -0.1) is 11.3 Å². The fourth-order valence-electron chi connectivity index (χ4n) is 8.97. The molecule has 0 fully saturated rings. The molecule has 0 saturated heterocycles. The quantitative estimate of drug-likeness (QED) is 0.182. The summed E-state index contributed by atoms with van der Waals surface area (Å²) in [6, 6.07) is 59.9. The summed E-state index contributed by atoms with van der Waals surface area (Å²) in [5, 5.41) is 2.57. The van der Waals surface area contributed by atoms with Gasteiger partial charge in [0.1, 0.15) is 11.5 Å². The highest BCUT2D eigenvalue weighted by Crippen LogP contribution is 2.62. The molecule has 0 saturated carbocycles. The average molecular weight is 696 g/mol. The number of ether oxygens (including phenoxy) is 1. The van der Waals surface area contributed by atoms with Crippen LogP contribution in [0.15, 0.2) is 199 Å². The Bertz CT molecular complexity index is 2860. The lowest BCUT2D eigenvalue weighted by Crippen LogP contribution is -2.34. The summed E-state index contributed by atoms with van der Waals surface area (Å²) in [4.78, 5) is 2.50. The molecule has 0 bridgehead atoms. The minimum absolute atomic E-state index is 0.564. The van der Waals surface area contributed by atoms with Gasteiger partial charge in [-0.2, -0.15) is 0 Å². The van der Waals surface area contributed by atoms with Crippen molar-refractivity contribution in [2.45, 2.75) is 11.8 Å². The summed E-state index contributed by atoms with van der Waals surface area (Å²) < 4.78 is 9.29. The van der Waals surface area contributed by atoms with Crippen LogP contribution in [0.25, 0.3) is 42.4 Å². The molecule has 3 heteroatoms. The number of rotatable bonds is 4. The van der Waals surface area contributed by atoms with E-state index >= 15 is 0 Å². The zero-order chi connectivity index (χ0) is 34.9. The molecule has 0 N–H and O–H groups in total. The number of thiophene rings is 1. The normalized spacial score (nSPS) is 16.6. The SMILES string of the molecule is C1=CC2=C(C=CC1)C1(c3ccccc3O2)c2ccccc2-c2ccc(N(c3ccccc3-c3ccccc3)c3cccc4c3sc3ccccc34)cc21. The van der Waals surface area contributed by atoms with Crippen LogP contribution in [0.2, 0.25) is 0 Å². The first-order valence-corrected chi connectivity index (χ1v) is 19.1. The van der Waals surface area contributed by atoms with E-state index in [1.807, 2.05) is 11.3 Å². The second kappa shape index (κ2) is 11.8. The lowest BCUT2D eigenvalue weighted by Gasteiger charge is -2.40. The van der Waals surface area contributed by atoms with Gasteiger partial charge in [-0.3, -0.25) is 0 Å². The molecule has 2 nitrogen and oxygen atoms in total. The van der Waals surface area contributed by atoms with Crippen LogP contribution in [0.3, 0.4) is 0 Å². The second-order valence-corrected chi connectivity index (χ2v) is 15.0. The Kier molecular flexibility index (Phi) is 6.74. The summed E-state index contributed by atoms with van der Waals surface area (Å²) in [6.45, 7) is 0. The minimum atomic E-state index is -0.564. The summed E-state index contributed by atoms with van der Waals surface area (Å²) in [5.74, 6) is 1.81. The van der Waals surface area contributed by atoms with Crippen LogP contribution in [0.5, 0.6) is 5.75 Å². The highest BCUT2D eigenvalue weighted by Gasteiger charge is 2.51. The fourth-order valence-corrected chi connectivity index (χ4v) is 10.2. The number of benzene rings is 7. The van der Waals surface area contributed by atoms with Crippen LogP contribution in [0, 0.1) is 0 Å². The summed E-state index contributed by atoms with van der Waals surface area (Å²) in [5.41, 5.74) is 12.7. The molecule has 53 heavy (non-hydrogen) atoms. The van der Waals surface area contributed by atoms with Crippen LogP contribution < -0.4 is 9.64 Å². The Morgan fingerprint density at radius 2 is 1.23 bits per heavy atom. The molecule has 1 aromatic heterocycles. The van der Waals surface area contributed by atoms with Crippen molar-refractivity contribution >= 4 is 48.6 Å². The summed E-state index contributed by atoms with van der Waals surface area (Å²) in [7, 11) is 0. The Labute approximate surface area is 312 Å². The number of allylic oxidation sites excluding steroid dienone is 5. The highest BCUT2D eigenvalue weighted by molar-refractivity contribution is 7.26. The summed E-state index contributed by atoms with van der Waals surface area (Å²) in [6.07, 6.45) is 9.81. The lowest BCUT2D eigenvalue weighted by atomic mass is 9.65. The number of para-hydroxylation sites is 2. The van der Waals surface area contributed by atoms with E-state index in [1.54, 1.807) is 0 Å². The van der Waals surface area contributed by atoms with Crippen molar-refractivity contribution < 1.29 is 4.74 Å². The van der Waals surface area contributed by atoms with Crippen molar-refractivity contribution in [2.75, 3.05) is 4.90 Å². The van der Waals surface area contributed by atoms with E-state index in [-0.39, 0.29) is 0 Å². The highest BCUT2D eigenvalue weighted by atomic mass is 32.1. The Morgan fingerprint density at radius 1 is 0.528 bits per heavy atom. The van der Waals surface area contributed by atoms with Crippen LogP contribution >= 0.6 is 11.3 Å². The maximum Gasteiger partial charge on any atom is 0.132 e. The molecule has 1 spiro atoms. The predicted octanol–water partition coefficient (Wildman–Crippen LogP) is 13.7. The molecule has 2 aliphatic carbocycles. The monoisotopic (exact) mass is 695 g/mol. The van der Waals surface area contributed by atoms with Gasteiger partial charge in [-0.05, 0) is 76.7 Å². The van der Waals surface area contributed by atoms with Crippen molar-refractivity contribution in [1.29, 1.82) is 0 Å². The van der Waals surface area contributed by atoms with E-state index in [4.69, 9.17) is 4.74 Å². The van der Waals surface area contributed by atoms with Gasteiger partial charge >= 0.3 is 0 Å². The first kappa shape index (κ1) is 30.2. The Morgan fingerprint density at radius 3 is 2.15 bits per heavy atom. The van der Waals surface area contributed by atoms with Gasteiger partial charge in [0.25, 0.3) is 0 Å². The van der Waals surface area contributed by atoms with Gasteiger partial charge in [0.2, 0.25) is 0 Å². The van der Waals surface area contributed by atoms with E-state index in [0.29, 0.717) is 0 Å². The molecule has 1 atom stereocenters. The van der Waals surface area contributed by atoms with Crippen molar-refractivity contribution in [2.24, 2.45) is 0 Å². The Balaban J connectivity index is 1.24. The van der Waals surface area contributed by atoms with Gasteiger partial charge in [-0.25, -0.2) is 0 Å². The van der Waals surface area contributed by atoms with Gasteiger partial charge in [0.05, 0.1) is 21.5 Å². The molecule has 250 valence electrons. The molecule has 0 radical (unpaired) electrons. The number of anilines is 3. The molecule has 7 aromatic carbocycles.